The van der Waals surface area contributed by atoms with Gasteiger partial charge < -0.3 is 11.1 Å². The Labute approximate surface area is 211 Å². The van der Waals surface area contributed by atoms with Crippen molar-refractivity contribution in [2.75, 3.05) is 18.4 Å². The van der Waals surface area contributed by atoms with Crippen LogP contribution >= 0.6 is 11.6 Å². The van der Waals surface area contributed by atoms with Crippen LogP contribution in [0.1, 0.15) is 37.1 Å². The summed E-state index contributed by atoms with van der Waals surface area (Å²) in [7, 11) is 0. The maximum Gasteiger partial charge on any atom is 0.154 e. The number of fused-ring (bicyclic) bond motifs is 1. The van der Waals surface area contributed by atoms with Gasteiger partial charge in [-0.15, -0.1) is 0 Å². The molecular weight excluding hydrogens is 454 g/mol. The predicted octanol–water partition coefficient (Wildman–Crippen LogP) is 6.69. The van der Waals surface area contributed by atoms with Crippen LogP contribution in [-0.4, -0.2) is 28.0 Å². The summed E-state index contributed by atoms with van der Waals surface area (Å²) >= 11 is 6.28. The van der Waals surface area contributed by atoms with Crippen LogP contribution in [0, 0.1) is 11.8 Å². The molecule has 5 nitrogen and oxygen atoms in total. The van der Waals surface area contributed by atoms with Gasteiger partial charge in [-0.2, -0.15) is 0 Å². The molecule has 4 aromatic rings. The van der Waals surface area contributed by atoms with Crippen molar-refractivity contribution in [1.82, 2.24) is 15.0 Å². The summed E-state index contributed by atoms with van der Waals surface area (Å²) in [6, 6.07) is 18.2. The molecule has 1 aliphatic carbocycles. The van der Waals surface area contributed by atoms with E-state index in [1.54, 1.807) is 6.20 Å². The molecule has 2 heterocycles. The molecule has 1 saturated carbocycles. The third-order valence-corrected chi connectivity index (χ3v) is 7.02. The summed E-state index contributed by atoms with van der Waals surface area (Å²) in [4.78, 5) is 13.8. The summed E-state index contributed by atoms with van der Waals surface area (Å²) in [6.07, 6.45) is 12.6. The van der Waals surface area contributed by atoms with Crippen LogP contribution in [0.2, 0.25) is 5.02 Å². The highest BCUT2D eigenvalue weighted by atomic mass is 35.5. The van der Waals surface area contributed by atoms with Crippen LogP contribution < -0.4 is 11.1 Å². The number of hydrogen-bond donors (Lipinski definition) is 2. The second-order valence-electron chi connectivity index (χ2n) is 9.30. The highest BCUT2D eigenvalue weighted by Gasteiger charge is 2.21. The van der Waals surface area contributed by atoms with Gasteiger partial charge in [-0.05, 0) is 84.7 Å². The van der Waals surface area contributed by atoms with Crippen molar-refractivity contribution >= 4 is 40.5 Å². The van der Waals surface area contributed by atoms with Crippen molar-refractivity contribution in [3.63, 3.8) is 0 Å². The molecule has 0 radical (unpaired) electrons. The number of nitrogens with zero attached hydrogens (tertiary/aromatic N) is 3. The Bertz CT molecular complexity index is 1300. The minimum Gasteiger partial charge on any atom is -0.369 e. The van der Waals surface area contributed by atoms with E-state index in [9.17, 15) is 0 Å². The first kappa shape index (κ1) is 23.5. The molecule has 35 heavy (non-hydrogen) atoms. The Morgan fingerprint density at radius 2 is 1.83 bits per heavy atom. The van der Waals surface area contributed by atoms with Crippen molar-refractivity contribution < 1.29 is 0 Å². The number of pyridine rings is 1. The Morgan fingerprint density at radius 3 is 2.63 bits per heavy atom. The second-order valence-corrected chi connectivity index (χ2v) is 9.74. The number of halogens is 1. The van der Waals surface area contributed by atoms with Crippen molar-refractivity contribution in [2.45, 2.75) is 25.7 Å². The molecule has 0 spiro atoms. The minimum atomic E-state index is 0.618. The molecule has 2 aromatic heterocycles. The minimum absolute atomic E-state index is 0.618. The van der Waals surface area contributed by atoms with Gasteiger partial charge in [-0.1, -0.05) is 54.4 Å². The lowest BCUT2D eigenvalue weighted by molar-refractivity contribution is 0.281. The first-order chi connectivity index (χ1) is 17.2. The quantitative estimate of drug-likeness (QED) is 0.306. The standard InChI is InChI=1S/C29H30ClN5/c30-25-11-12-26-27(16-25)34-28(35-29(26)33-18-22-4-1-3-21(15-22)17-31)13-8-20-6-9-23(10-7-20)24-5-2-14-32-19-24/h2,5-14,16,19,21-22H,1,3-4,15,17-18,31H2,(H,33,34,35). The number of aromatic nitrogens is 3. The monoisotopic (exact) mass is 483 g/mol. The van der Waals surface area contributed by atoms with Crippen molar-refractivity contribution in [3.8, 4) is 11.1 Å². The average molecular weight is 484 g/mol. The lowest BCUT2D eigenvalue weighted by atomic mass is 9.81. The summed E-state index contributed by atoms with van der Waals surface area (Å²) in [5.74, 6) is 2.77. The van der Waals surface area contributed by atoms with E-state index in [1.165, 1.54) is 25.7 Å². The van der Waals surface area contributed by atoms with Crippen LogP contribution in [0.3, 0.4) is 0 Å². The van der Waals surface area contributed by atoms with Crippen LogP contribution in [0.25, 0.3) is 34.2 Å². The maximum absolute atomic E-state index is 6.28. The fourth-order valence-corrected chi connectivity index (χ4v) is 5.03. The predicted molar refractivity (Wildman–Crippen MR) is 146 cm³/mol. The summed E-state index contributed by atoms with van der Waals surface area (Å²) in [5, 5.41) is 5.26. The smallest absolute Gasteiger partial charge is 0.154 e. The number of benzene rings is 2. The number of nitrogens with two attached hydrogens (primary N) is 1. The lowest BCUT2D eigenvalue weighted by Crippen LogP contribution is -2.26. The van der Waals surface area contributed by atoms with E-state index in [-0.39, 0.29) is 0 Å². The Hall–Kier alpha value is -3.28. The van der Waals surface area contributed by atoms with Gasteiger partial charge in [0.25, 0.3) is 0 Å². The molecule has 3 N–H and O–H groups in total. The van der Waals surface area contributed by atoms with E-state index in [0.717, 1.165) is 46.5 Å². The van der Waals surface area contributed by atoms with E-state index in [4.69, 9.17) is 27.3 Å². The van der Waals surface area contributed by atoms with E-state index in [2.05, 4.69) is 40.6 Å². The van der Waals surface area contributed by atoms with Crippen LogP contribution in [0.15, 0.2) is 67.0 Å². The summed E-state index contributed by atoms with van der Waals surface area (Å²) in [6.45, 7) is 1.67. The zero-order valence-corrected chi connectivity index (χ0v) is 20.5. The largest absolute Gasteiger partial charge is 0.369 e. The molecule has 0 aliphatic heterocycles. The molecule has 0 amide bonds. The number of anilines is 1. The van der Waals surface area contributed by atoms with Crippen molar-refractivity contribution in [3.05, 3.63) is 83.4 Å². The first-order valence-corrected chi connectivity index (χ1v) is 12.7. The normalized spacial score (nSPS) is 18.2. The van der Waals surface area contributed by atoms with Gasteiger partial charge >= 0.3 is 0 Å². The molecule has 178 valence electrons. The van der Waals surface area contributed by atoms with Crippen molar-refractivity contribution in [1.29, 1.82) is 0 Å². The number of hydrogen-bond acceptors (Lipinski definition) is 5. The van der Waals surface area contributed by atoms with E-state index < -0.39 is 0 Å². The molecule has 5 rings (SSSR count). The lowest BCUT2D eigenvalue weighted by Gasteiger charge is -2.28. The molecule has 1 aliphatic rings. The maximum atomic E-state index is 6.28. The number of nitrogens with one attached hydrogen (secondary N) is 1. The van der Waals surface area contributed by atoms with Crippen molar-refractivity contribution in [2.24, 2.45) is 17.6 Å². The molecule has 2 unspecified atom stereocenters. The topological polar surface area (TPSA) is 76.7 Å². The fraction of sp³-hybridized carbons (Fsp3) is 0.276. The highest BCUT2D eigenvalue weighted by molar-refractivity contribution is 6.31. The highest BCUT2D eigenvalue weighted by Crippen LogP contribution is 2.30. The van der Waals surface area contributed by atoms with E-state index >= 15 is 0 Å². The van der Waals surface area contributed by atoms with Gasteiger partial charge in [-0.3, -0.25) is 4.98 Å². The second kappa shape index (κ2) is 11.0. The Balaban J connectivity index is 1.36. The third-order valence-electron chi connectivity index (χ3n) is 6.79. The molecule has 2 atom stereocenters. The van der Waals surface area contributed by atoms with Gasteiger partial charge in [0.2, 0.25) is 0 Å². The molecule has 6 heteroatoms. The summed E-state index contributed by atoms with van der Waals surface area (Å²) in [5.41, 5.74) is 10.1. The van der Waals surface area contributed by atoms with Gasteiger partial charge in [0.1, 0.15) is 5.82 Å². The van der Waals surface area contributed by atoms with Gasteiger partial charge in [0.05, 0.1) is 5.52 Å². The zero-order valence-electron chi connectivity index (χ0n) is 19.7. The van der Waals surface area contributed by atoms with Gasteiger partial charge in [0, 0.05) is 29.3 Å². The van der Waals surface area contributed by atoms with Gasteiger partial charge in [-0.25, -0.2) is 9.97 Å². The van der Waals surface area contributed by atoms with Crippen LogP contribution in [0.5, 0.6) is 0 Å². The number of rotatable bonds is 7. The van der Waals surface area contributed by atoms with E-state index in [1.807, 2.05) is 42.6 Å². The molecule has 1 fully saturated rings. The molecule has 0 bridgehead atoms. The zero-order chi connectivity index (χ0) is 24.0. The molecule has 0 saturated heterocycles. The Morgan fingerprint density at radius 1 is 0.971 bits per heavy atom. The van der Waals surface area contributed by atoms with Gasteiger partial charge in [0.15, 0.2) is 5.82 Å². The molecular formula is C29H30ClN5. The summed E-state index contributed by atoms with van der Waals surface area (Å²) < 4.78 is 0. The molecule has 2 aromatic carbocycles. The first-order valence-electron chi connectivity index (χ1n) is 12.3. The van der Waals surface area contributed by atoms with E-state index in [0.29, 0.717) is 22.7 Å². The van der Waals surface area contributed by atoms with Crippen LogP contribution in [0.4, 0.5) is 5.82 Å². The van der Waals surface area contributed by atoms with Crippen LogP contribution in [-0.2, 0) is 0 Å². The SMILES string of the molecule is NCC1CCCC(CNc2nc(C=Cc3ccc(-c4cccnc4)cc3)nc3cc(Cl)ccc23)C1. The third kappa shape index (κ3) is 5.87. The average Bonchev–Trinajstić information content (AvgIpc) is 2.91. The fourth-order valence-electron chi connectivity index (χ4n) is 4.86. The Kier molecular flexibility index (Phi) is 7.36.